The zero-order valence-corrected chi connectivity index (χ0v) is 12.7. The molecule has 0 amide bonds. The third-order valence-electron chi connectivity index (χ3n) is 3.08. The van der Waals surface area contributed by atoms with E-state index in [2.05, 4.69) is 0 Å². The summed E-state index contributed by atoms with van der Waals surface area (Å²) in [5, 5.41) is 9.38. The van der Waals surface area contributed by atoms with E-state index in [1.807, 2.05) is 0 Å². The summed E-state index contributed by atoms with van der Waals surface area (Å²) >= 11 is 0. The summed E-state index contributed by atoms with van der Waals surface area (Å²) in [6.07, 6.45) is 0. The van der Waals surface area contributed by atoms with Crippen LogP contribution in [0, 0.1) is 5.41 Å². The third-order valence-corrected chi connectivity index (χ3v) is 3.08. The highest BCUT2D eigenvalue weighted by Gasteiger charge is 2.24. The van der Waals surface area contributed by atoms with Crippen molar-refractivity contribution in [1.29, 1.82) is 0 Å². The molecule has 22 heavy (non-hydrogen) atoms. The maximum Gasteiger partial charge on any atom is 0.351 e. The van der Waals surface area contributed by atoms with Crippen LogP contribution >= 0.6 is 0 Å². The Labute approximate surface area is 127 Å². The van der Waals surface area contributed by atoms with Crippen molar-refractivity contribution in [2.45, 2.75) is 20.8 Å². The van der Waals surface area contributed by atoms with Crippen LogP contribution in [0.25, 0.3) is 11.0 Å². The molecular formula is C15H15BO6. The van der Waals surface area contributed by atoms with Gasteiger partial charge in [-0.25, -0.2) is 9.59 Å². The van der Waals surface area contributed by atoms with Gasteiger partial charge in [-0.3, -0.25) is 4.79 Å². The van der Waals surface area contributed by atoms with Crippen LogP contribution in [0.5, 0.6) is 5.75 Å². The summed E-state index contributed by atoms with van der Waals surface area (Å²) in [4.78, 5) is 34.5. The molecule has 0 saturated heterocycles. The summed E-state index contributed by atoms with van der Waals surface area (Å²) in [6, 6.07) is 4.27. The lowest BCUT2D eigenvalue weighted by Gasteiger charge is -2.17. The minimum atomic E-state index is -1.35. The molecule has 0 spiro atoms. The summed E-state index contributed by atoms with van der Waals surface area (Å²) in [5.41, 5.74) is -1.26. The molecular weight excluding hydrogens is 287 g/mol. The van der Waals surface area contributed by atoms with E-state index in [0.717, 1.165) is 0 Å². The standard InChI is InChI=1S/C15H15BO6/c1-15(2,3)14(20)22-11-6-10-7(5-9(11)16)4-8(12(17)18)13(19)21-10/h4-6H,16H2,1-3H3,(H,17,18). The highest BCUT2D eigenvalue weighted by atomic mass is 16.5. The van der Waals surface area contributed by atoms with E-state index in [0.29, 0.717) is 10.8 Å². The summed E-state index contributed by atoms with van der Waals surface area (Å²) in [7, 11) is 1.72. The molecule has 2 aromatic rings. The molecule has 0 fully saturated rings. The Kier molecular flexibility index (Phi) is 3.83. The minimum absolute atomic E-state index is 0.164. The van der Waals surface area contributed by atoms with Crippen molar-refractivity contribution < 1.29 is 23.8 Å². The van der Waals surface area contributed by atoms with E-state index in [1.54, 1.807) is 34.7 Å². The number of aromatic carboxylic acids is 1. The number of hydrogen-bond donors (Lipinski definition) is 1. The van der Waals surface area contributed by atoms with Crippen molar-refractivity contribution in [2.75, 3.05) is 0 Å². The van der Waals surface area contributed by atoms with Crippen molar-refractivity contribution in [3.05, 3.63) is 34.2 Å². The molecule has 1 heterocycles. The number of ether oxygens (including phenoxy) is 1. The molecule has 0 aliphatic rings. The molecule has 1 N–H and O–H groups in total. The first kappa shape index (κ1) is 15.8. The van der Waals surface area contributed by atoms with E-state index in [9.17, 15) is 14.4 Å². The van der Waals surface area contributed by atoms with Crippen molar-refractivity contribution in [3.63, 3.8) is 0 Å². The van der Waals surface area contributed by atoms with Crippen LogP contribution in [0.3, 0.4) is 0 Å². The zero-order valence-electron chi connectivity index (χ0n) is 12.7. The van der Waals surface area contributed by atoms with Crippen LogP contribution in [0.2, 0.25) is 0 Å². The van der Waals surface area contributed by atoms with Gasteiger partial charge in [0.25, 0.3) is 0 Å². The van der Waals surface area contributed by atoms with E-state index < -0.39 is 28.5 Å². The van der Waals surface area contributed by atoms with Gasteiger partial charge in [0.1, 0.15) is 24.7 Å². The average molecular weight is 302 g/mol. The number of esters is 1. The van der Waals surface area contributed by atoms with Crippen LogP contribution in [0.4, 0.5) is 0 Å². The lowest BCUT2D eigenvalue weighted by molar-refractivity contribution is -0.142. The lowest BCUT2D eigenvalue weighted by Crippen LogP contribution is -2.27. The molecule has 1 aromatic heterocycles. The lowest BCUT2D eigenvalue weighted by atomic mass is 9.92. The molecule has 0 saturated carbocycles. The predicted molar refractivity (Wildman–Crippen MR) is 82.7 cm³/mol. The molecule has 0 radical (unpaired) electrons. The number of carboxylic acid groups (broad SMARTS) is 1. The van der Waals surface area contributed by atoms with E-state index >= 15 is 0 Å². The number of rotatable bonds is 2. The van der Waals surface area contributed by atoms with Crippen LogP contribution < -0.4 is 15.8 Å². The Bertz CT molecular complexity index is 828. The van der Waals surface area contributed by atoms with Crippen LogP contribution in [-0.4, -0.2) is 24.9 Å². The van der Waals surface area contributed by atoms with E-state index in [4.69, 9.17) is 14.3 Å². The fraction of sp³-hybridized carbons (Fsp3) is 0.267. The number of fused-ring (bicyclic) bond motifs is 1. The molecule has 0 atom stereocenters. The number of carbonyl (C=O) groups excluding carboxylic acids is 1. The molecule has 114 valence electrons. The molecule has 0 aliphatic heterocycles. The van der Waals surface area contributed by atoms with Crippen LogP contribution in [-0.2, 0) is 4.79 Å². The van der Waals surface area contributed by atoms with E-state index in [1.165, 1.54) is 12.1 Å². The van der Waals surface area contributed by atoms with Gasteiger partial charge in [0, 0.05) is 11.5 Å². The Balaban J connectivity index is 2.54. The van der Waals surface area contributed by atoms with Gasteiger partial charge in [-0.2, -0.15) is 0 Å². The second-order valence-corrected chi connectivity index (χ2v) is 6.05. The Hall–Kier alpha value is -2.57. The molecule has 0 bridgehead atoms. The van der Waals surface area contributed by atoms with E-state index in [-0.39, 0.29) is 11.3 Å². The molecule has 0 unspecified atom stereocenters. The van der Waals surface area contributed by atoms with Gasteiger partial charge in [0.05, 0.1) is 5.41 Å². The SMILES string of the molecule is Bc1cc2cc(C(=O)O)c(=O)oc2cc1OC(=O)C(C)(C)C. The maximum absolute atomic E-state index is 11.9. The van der Waals surface area contributed by atoms with Gasteiger partial charge < -0.3 is 14.3 Å². The minimum Gasteiger partial charge on any atom is -0.477 e. The number of carboxylic acids is 1. The summed E-state index contributed by atoms with van der Waals surface area (Å²) < 4.78 is 10.3. The number of carbonyl (C=O) groups is 2. The van der Waals surface area contributed by atoms with Gasteiger partial charge in [-0.15, -0.1) is 0 Å². The first-order valence-corrected chi connectivity index (χ1v) is 6.63. The monoisotopic (exact) mass is 302 g/mol. The Morgan fingerprint density at radius 3 is 2.41 bits per heavy atom. The summed E-state index contributed by atoms with van der Waals surface area (Å²) in [5.74, 6) is -1.49. The maximum atomic E-state index is 11.9. The second kappa shape index (κ2) is 5.33. The number of benzene rings is 1. The molecule has 7 heteroatoms. The normalized spacial score (nSPS) is 11.4. The Morgan fingerprint density at radius 1 is 1.23 bits per heavy atom. The quantitative estimate of drug-likeness (QED) is 0.380. The van der Waals surface area contributed by atoms with Gasteiger partial charge in [-0.05, 0) is 32.3 Å². The highest BCUT2D eigenvalue weighted by Crippen LogP contribution is 2.22. The summed E-state index contributed by atoms with van der Waals surface area (Å²) in [6.45, 7) is 5.18. The molecule has 6 nitrogen and oxygen atoms in total. The fourth-order valence-corrected chi connectivity index (χ4v) is 1.77. The molecule has 2 rings (SSSR count). The van der Waals surface area contributed by atoms with Crippen molar-refractivity contribution in [1.82, 2.24) is 0 Å². The molecule has 1 aromatic carbocycles. The van der Waals surface area contributed by atoms with Gasteiger partial charge >= 0.3 is 17.6 Å². The first-order chi connectivity index (χ1) is 10.1. The van der Waals surface area contributed by atoms with Gasteiger partial charge in [0.15, 0.2) is 0 Å². The second-order valence-electron chi connectivity index (χ2n) is 6.05. The molecule has 0 aliphatic carbocycles. The smallest absolute Gasteiger partial charge is 0.351 e. The van der Waals surface area contributed by atoms with Gasteiger partial charge in [0.2, 0.25) is 0 Å². The first-order valence-electron chi connectivity index (χ1n) is 6.63. The van der Waals surface area contributed by atoms with Gasteiger partial charge in [-0.1, -0.05) is 6.07 Å². The predicted octanol–water partition coefficient (Wildman–Crippen LogP) is 0.701. The van der Waals surface area contributed by atoms with Crippen molar-refractivity contribution in [2.24, 2.45) is 5.41 Å². The largest absolute Gasteiger partial charge is 0.477 e. The van der Waals surface area contributed by atoms with Crippen molar-refractivity contribution >= 4 is 36.2 Å². The van der Waals surface area contributed by atoms with Crippen molar-refractivity contribution in [3.8, 4) is 5.75 Å². The highest BCUT2D eigenvalue weighted by molar-refractivity contribution is 6.35. The fourth-order valence-electron chi connectivity index (χ4n) is 1.77. The third kappa shape index (κ3) is 3.03. The van der Waals surface area contributed by atoms with Crippen LogP contribution in [0.1, 0.15) is 31.1 Å². The zero-order chi connectivity index (χ0) is 16.7. The topological polar surface area (TPSA) is 93.8 Å². The average Bonchev–Trinajstić information content (AvgIpc) is 2.38. The van der Waals surface area contributed by atoms with Crippen LogP contribution in [0.15, 0.2) is 27.4 Å². The Morgan fingerprint density at radius 2 is 1.86 bits per heavy atom. The number of hydrogen-bond acceptors (Lipinski definition) is 5.